The third kappa shape index (κ3) is 2.66. The van der Waals surface area contributed by atoms with Crippen LogP contribution in [0.5, 0.6) is 0 Å². The topological polar surface area (TPSA) is 24.9 Å². The van der Waals surface area contributed by atoms with Crippen LogP contribution in [0.3, 0.4) is 0 Å². The zero-order valence-corrected chi connectivity index (χ0v) is 9.38. The van der Waals surface area contributed by atoms with Crippen LogP contribution in [0.25, 0.3) is 0 Å². The molecule has 0 saturated carbocycles. The van der Waals surface area contributed by atoms with Gasteiger partial charge in [0, 0.05) is 17.0 Å². The van der Waals surface area contributed by atoms with Crippen molar-refractivity contribution < 1.29 is 0 Å². The lowest BCUT2D eigenvalue weighted by atomic mass is 9.99. The number of aromatic nitrogens is 1. The zero-order chi connectivity index (χ0) is 8.39. The summed E-state index contributed by atoms with van der Waals surface area (Å²) in [6.45, 7) is 4.44. The summed E-state index contributed by atoms with van der Waals surface area (Å²) in [6.07, 6.45) is 4.50. The van der Waals surface area contributed by atoms with Crippen LogP contribution in [0.2, 0.25) is 0 Å². The van der Waals surface area contributed by atoms with E-state index in [-0.39, 0.29) is 12.4 Å². The molecule has 1 saturated heterocycles. The number of nitrogens with zero attached hydrogens (tertiary/aromatic N) is 1. The quantitative estimate of drug-likeness (QED) is 0.783. The third-order valence-corrected chi connectivity index (χ3v) is 3.40. The summed E-state index contributed by atoms with van der Waals surface area (Å²) in [7, 11) is 0. The Morgan fingerprint density at radius 3 is 2.69 bits per heavy atom. The summed E-state index contributed by atoms with van der Waals surface area (Å²) in [5, 5.41) is 4.71. The number of halogens is 1. The second-order valence-corrected chi connectivity index (χ2v) is 4.60. The molecule has 0 unspecified atom stereocenters. The number of rotatable bonds is 1. The predicted molar refractivity (Wildman–Crippen MR) is 58.9 cm³/mol. The minimum atomic E-state index is 0. The number of hydrogen-bond acceptors (Lipinski definition) is 3. The van der Waals surface area contributed by atoms with Gasteiger partial charge in [0.15, 0.2) is 0 Å². The highest BCUT2D eigenvalue weighted by Crippen LogP contribution is 2.28. The van der Waals surface area contributed by atoms with E-state index in [9.17, 15) is 0 Å². The highest BCUT2D eigenvalue weighted by molar-refractivity contribution is 7.11. The van der Waals surface area contributed by atoms with Crippen molar-refractivity contribution in [3.8, 4) is 0 Å². The maximum absolute atomic E-state index is 4.43. The third-order valence-electron chi connectivity index (χ3n) is 2.33. The van der Waals surface area contributed by atoms with Crippen LogP contribution in [0, 0.1) is 6.92 Å². The van der Waals surface area contributed by atoms with Crippen LogP contribution in [-0.4, -0.2) is 18.1 Å². The molecule has 2 rings (SSSR count). The number of thiazole rings is 1. The van der Waals surface area contributed by atoms with E-state index in [1.54, 1.807) is 0 Å². The summed E-state index contributed by atoms with van der Waals surface area (Å²) in [5.41, 5.74) is 0. The first-order valence-corrected chi connectivity index (χ1v) is 5.31. The number of hydrogen-bond donors (Lipinski definition) is 1. The second-order valence-electron chi connectivity index (χ2n) is 3.33. The average Bonchev–Trinajstić information content (AvgIpc) is 2.54. The van der Waals surface area contributed by atoms with Crippen molar-refractivity contribution in [1.82, 2.24) is 10.3 Å². The highest BCUT2D eigenvalue weighted by Gasteiger charge is 2.17. The van der Waals surface area contributed by atoms with E-state index < -0.39 is 0 Å². The molecule has 13 heavy (non-hydrogen) atoms. The van der Waals surface area contributed by atoms with E-state index in [0.29, 0.717) is 0 Å². The Bertz CT molecular complexity index is 256. The van der Waals surface area contributed by atoms with E-state index in [0.717, 1.165) is 19.0 Å². The van der Waals surface area contributed by atoms with Gasteiger partial charge in [-0.25, -0.2) is 4.98 Å². The van der Waals surface area contributed by atoms with Crippen molar-refractivity contribution in [2.45, 2.75) is 25.7 Å². The highest BCUT2D eigenvalue weighted by atomic mass is 35.5. The molecule has 0 aliphatic carbocycles. The Balaban J connectivity index is 0.000000845. The smallest absolute Gasteiger partial charge is 0.0959 e. The molecule has 0 atom stereocenters. The normalized spacial score (nSPS) is 18.2. The summed E-state index contributed by atoms with van der Waals surface area (Å²) < 4.78 is 0. The Morgan fingerprint density at radius 1 is 1.46 bits per heavy atom. The standard InChI is InChI=1S/C9H14N2S.ClH/c1-7-6-11-9(12-7)8-2-4-10-5-3-8;/h6,8,10H,2-5H2,1H3;1H. The first-order valence-electron chi connectivity index (χ1n) is 4.49. The predicted octanol–water partition coefficient (Wildman–Crippen LogP) is 2.34. The number of piperidine rings is 1. The minimum Gasteiger partial charge on any atom is -0.317 e. The molecule has 1 fully saturated rings. The van der Waals surface area contributed by atoms with E-state index in [2.05, 4.69) is 17.2 Å². The van der Waals surface area contributed by atoms with Crippen LogP contribution in [0.15, 0.2) is 6.20 Å². The van der Waals surface area contributed by atoms with Gasteiger partial charge in [0.25, 0.3) is 0 Å². The van der Waals surface area contributed by atoms with E-state index >= 15 is 0 Å². The summed E-state index contributed by atoms with van der Waals surface area (Å²) in [4.78, 5) is 5.77. The van der Waals surface area contributed by atoms with Crippen LogP contribution in [0.4, 0.5) is 0 Å². The Labute approximate surface area is 89.2 Å². The molecule has 1 aromatic heterocycles. The van der Waals surface area contributed by atoms with Crippen molar-refractivity contribution >= 4 is 23.7 Å². The lowest BCUT2D eigenvalue weighted by molar-refractivity contribution is 0.459. The van der Waals surface area contributed by atoms with Gasteiger partial charge in [0.2, 0.25) is 0 Å². The van der Waals surface area contributed by atoms with E-state index in [1.807, 2.05) is 17.5 Å². The van der Waals surface area contributed by atoms with Gasteiger partial charge in [-0.3, -0.25) is 0 Å². The molecule has 74 valence electrons. The Morgan fingerprint density at radius 2 is 2.15 bits per heavy atom. The monoisotopic (exact) mass is 218 g/mol. The Hall–Kier alpha value is -0.120. The second kappa shape index (κ2) is 4.94. The van der Waals surface area contributed by atoms with Gasteiger partial charge in [0.1, 0.15) is 0 Å². The van der Waals surface area contributed by atoms with E-state index in [1.165, 1.54) is 22.7 Å². The van der Waals surface area contributed by atoms with Gasteiger partial charge >= 0.3 is 0 Å². The van der Waals surface area contributed by atoms with Gasteiger partial charge in [-0.05, 0) is 32.9 Å². The zero-order valence-electron chi connectivity index (χ0n) is 7.75. The number of aryl methyl sites for hydroxylation is 1. The number of nitrogens with one attached hydrogen (secondary N) is 1. The molecular weight excluding hydrogens is 204 g/mol. The molecule has 0 spiro atoms. The average molecular weight is 219 g/mol. The van der Waals surface area contributed by atoms with Crippen molar-refractivity contribution in [1.29, 1.82) is 0 Å². The molecule has 0 aromatic carbocycles. The minimum absolute atomic E-state index is 0. The molecule has 0 amide bonds. The SMILES string of the molecule is Cc1cnc(C2CCNCC2)s1.Cl. The van der Waals surface area contributed by atoms with Crippen LogP contribution < -0.4 is 5.32 Å². The van der Waals surface area contributed by atoms with Crippen LogP contribution >= 0.6 is 23.7 Å². The molecular formula is C9H15ClN2S. The summed E-state index contributed by atoms with van der Waals surface area (Å²) in [6, 6.07) is 0. The van der Waals surface area contributed by atoms with Gasteiger partial charge in [0.05, 0.1) is 5.01 Å². The molecule has 2 nitrogen and oxygen atoms in total. The molecule has 1 aliphatic heterocycles. The van der Waals surface area contributed by atoms with Gasteiger partial charge in [-0.1, -0.05) is 0 Å². The van der Waals surface area contributed by atoms with Crippen molar-refractivity contribution in [3.63, 3.8) is 0 Å². The van der Waals surface area contributed by atoms with E-state index in [4.69, 9.17) is 0 Å². The lowest BCUT2D eigenvalue weighted by Crippen LogP contribution is -2.26. The van der Waals surface area contributed by atoms with Crippen LogP contribution in [-0.2, 0) is 0 Å². The van der Waals surface area contributed by atoms with Gasteiger partial charge in [-0.2, -0.15) is 0 Å². The van der Waals surface area contributed by atoms with Crippen LogP contribution in [0.1, 0.15) is 28.6 Å². The summed E-state index contributed by atoms with van der Waals surface area (Å²) >= 11 is 1.86. The maximum atomic E-state index is 4.43. The molecule has 1 N–H and O–H groups in total. The molecule has 1 aromatic rings. The van der Waals surface area contributed by atoms with Crippen molar-refractivity contribution in [2.75, 3.05) is 13.1 Å². The molecule has 1 aliphatic rings. The fourth-order valence-corrected chi connectivity index (χ4v) is 2.57. The molecule has 4 heteroatoms. The largest absolute Gasteiger partial charge is 0.317 e. The fourth-order valence-electron chi connectivity index (χ4n) is 1.63. The molecule has 0 radical (unpaired) electrons. The molecule has 2 heterocycles. The first kappa shape index (κ1) is 11.0. The van der Waals surface area contributed by atoms with Gasteiger partial charge < -0.3 is 5.32 Å². The van der Waals surface area contributed by atoms with Crippen molar-refractivity contribution in [2.24, 2.45) is 0 Å². The Kier molecular flexibility index (Phi) is 4.16. The van der Waals surface area contributed by atoms with Crippen molar-refractivity contribution in [3.05, 3.63) is 16.1 Å². The lowest BCUT2D eigenvalue weighted by Gasteiger charge is -2.20. The maximum Gasteiger partial charge on any atom is 0.0959 e. The first-order chi connectivity index (χ1) is 5.86. The molecule has 0 bridgehead atoms. The fraction of sp³-hybridized carbons (Fsp3) is 0.667. The summed E-state index contributed by atoms with van der Waals surface area (Å²) in [5.74, 6) is 0.727. The van der Waals surface area contributed by atoms with Gasteiger partial charge in [-0.15, -0.1) is 23.7 Å².